The second-order valence-electron chi connectivity index (χ2n) is 4.05. The second-order valence-corrected chi connectivity index (χ2v) is 4.05. The van der Waals surface area contributed by atoms with Gasteiger partial charge in [0.1, 0.15) is 5.82 Å². The average Bonchev–Trinajstić information content (AvgIpc) is 2.77. The second kappa shape index (κ2) is 6.63. The minimum absolute atomic E-state index is 0.106. The maximum atomic E-state index is 11.6. The van der Waals surface area contributed by atoms with Gasteiger partial charge in [-0.2, -0.15) is 0 Å². The zero-order valence-electron chi connectivity index (χ0n) is 10.4. The number of amides is 2. The van der Waals surface area contributed by atoms with E-state index in [9.17, 15) is 9.59 Å². The van der Waals surface area contributed by atoms with Gasteiger partial charge in [-0.1, -0.05) is 6.92 Å². The number of carboxylic acid groups (broad SMARTS) is 1. The monoisotopic (exact) mass is 254 g/mol. The van der Waals surface area contributed by atoms with Crippen molar-refractivity contribution in [3.63, 3.8) is 0 Å². The Kier molecular flexibility index (Phi) is 5.16. The molecule has 0 saturated heterocycles. The summed E-state index contributed by atoms with van der Waals surface area (Å²) in [6, 6.07) is -1.03. The molecule has 1 aromatic heterocycles. The van der Waals surface area contributed by atoms with Crippen molar-refractivity contribution < 1.29 is 14.7 Å². The molecule has 7 nitrogen and oxygen atoms in total. The van der Waals surface area contributed by atoms with E-state index in [4.69, 9.17) is 5.11 Å². The lowest BCUT2D eigenvalue weighted by Crippen LogP contribution is -2.43. The van der Waals surface area contributed by atoms with Crippen LogP contribution in [-0.2, 0) is 4.79 Å². The Morgan fingerprint density at radius 3 is 2.72 bits per heavy atom. The first-order chi connectivity index (χ1) is 8.52. The number of carbonyl (C=O) groups is 2. The number of aliphatic carboxylic acids is 1. The molecule has 0 fully saturated rings. The molecule has 0 spiro atoms. The van der Waals surface area contributed by atoms with Crippen LogP contribution in [-0.4, -0.2) is 33.1 Å². The first-order valence-electron chi connectivity index (χ1n) is 5.81. The Morgan fingerprint density at radius 2 is 2.22 bits per heavy atom. The lowest BCUT2D eigenvalue weighted by Gasteiger charge is -2.17. The zero-order chi connectivity index (χ0) is 13.5. The van der Waals surface area contributed by atoms with Gasteiger partial charge in [-0.15, -0.1) is 0 Å². The summed E-state index contributed by atoms with van der Waals surface area (Å²) in [5.74, 6) is -0.264. The number of nitrogens with one attached hydrogen (secondary N) is 3. The molecule has 2 unspecified atom stereocenters. The van der Waals surface area contributed by atoms with Crippen LogP contribution < -0.4 is 10.6 Å². The molecule has 0 bridgehead atoms. The highest BCUT2D eigenvalue weighted by molar-refractivity contribution is 5.76. The van der Waals surface area contributed by atoms with E-state index in [1.807, 2.05) is 6.92 Å². The van der Waals surface area contributed by atoms with Crippen molar-refractivity contribution in [1.82, 2.24) is 20.6 Å². The van der Waals surface area contributed by atoms with Crippen molar-refractivity contribution in [3.05, 3.63) is 18.2 Å². The van der Waals surface area contributed by atoms with E-state index in [2.05, 4.69) is 20.6 Å². The number of carbonyl (C=O) groups excluding carboxylic acids is 1. The predicted octanol–water partition coefficient (Wildman–Crippen LogP) is 1.02. The fourth-order valence-electron chi connectivity index (χ4n) is 1.57. The molecule has 0 aliphatic heterocycles. The molecule has 0 radical (unpaired) electrons. The normalized spacial score (nSPS) is 13.7. The highest BCUT2D eigenvalue weighted by Crippen LogP contribution is 2.10. The SMILES string of the molecule is CCC(NC(=O)NC(C)CC(=O)O)c1ncc[nH]1. The van der Waals surface area contributed by atoms with Gasteiger partial charge in [0.25, 0.3) is 0 Å². The van der Waals surface area contributed by atoms with Crippen LogP contribution in [0.3, 0.4) is 0 Å². The number of aromatic amines is 1. The van der Waals surface area contributed by atoms with E-state index in [0.29, 0.717) is 12.2 Å². The summed E-state index contributed by atoms with van der Waals surface area (Å²) in [6.07, 6.45) is 3.88. The molecule has 7 heteroatoms. The highest BCUT2D eigenvalue weighted by atomic mass is 16.4. The molecule has 2 amide bonds. The van der Waals surface area contributed by atoms with Crippen molar-refractivity contribution in [2.24, 2.45) is 0 Å². The van der Waals surface area contributed by atoms with Crippen molar-refractivity contribution >= 4 is 12.0 Å². The van der Waals surface area contributed by atoms with E-state index in [0.717, 1.165) is 0 Å². The lowest BCUT2D eigenvalue weighted by atomic mass is 10.2. The number of carboxylic acids is 1. The smallest absolute Gasteiger partial charge is 0.315 e. The van der Waals surface area contributed by atoms with Gasteiger partial charge in [0.05, 0.1) is 12.5 Å². The molecule has 0 aliphatic rings. The minimum atomic E-state index is -0.944. The molecule has 1 heterocycles. The molecule has 4 N–H and O–H groups in total. The Balaban J connectivity index is 2.45. The van der Waals surface area contributed by atoms with Gasteiger partial charge < -0.3 is 20.7 Å². The molecule has 0 aromatic carbocycles. The molecule has 18 heavy (non-hydrogen) atoms. The third-order valence-corrected chi connectivity index (χ3v) is 2.42. The van der Waals surface area contributed by atoms with Gasteiger partial charge in [-0.3, -0.25) is 4.79 Å². The number of nitrogens with zero attached hydrogens (tertiary/aromatic N) is 1. The first kappa shape index (κ1) is 14.0. The molecule has 1 rings (SSSR count). The fraction of sp³-hybridized carbons (Fsp3) is 0.545. The van der Waals surface area contributed by atoms with E-state index in [-0.39, 0.29) is 12.5 Å². The van der Waals surface area contributed by atoms with Crippen molar-refractivity contribution in [1.29, 1.82) is 0 Å². The molecular weight excluding hydrogens is 236 g/mol. The zero-order valence-corrected chi connectivity index (χ0v) is 10.4. The van der Waals surface area contributed by atoms with Crippen LogP contribution in [0.2, 0.25) is 0 Å². The molecule has 2 atom stereocenters. The standard InChI is InChI=1S/C11H18N4O3/c1-3-8(10-12-4-5-13-10)15-11(18)14-7(2)6-9(16)17/h4-5,7-8H,3,6H2,1-2H3,(H,12,13)(H,16,17)(H2,14,15,18). The van der Waals surface area contributed by atoms with E-state index in [1.165, 1.54) is 0 Å². The third kappa shape index (κ3) is 4.44. The predicted molar refractivity (Wildman–Crippen MR) is 65.0 cm³/mol. The van der Waals surface area contributed by atoms with Gasteiger partial charge >= 0.3 is 12.0 Å². The number of imidazole rings is 1. The number of hydrogen-bond donors (Lipinski definition) is 4. The number of rotatable bonds is 6. The maximum absolute atomic E-state index is 11.6. The lowest BCUT2D eigenvalue weighted by molar-refractivity contribution is -0.137. The molecule has 100 valence electrons. The van der Waals surface area contributed by atoms with Gasteiger partial charge in [-0.05, 0) is 13.3 Å². The molecule has 0 saturated carbocycles. The average molecular weight is 254 g/mol. The van der Waals surface area contributed by atoms with E-state index < -0.39 is 18.0 Å². The van der Waals surface area contributed by atoms with Crippen molar-refractivity contribution in [2.45, 2.75) is 38.8 Å². The number of aromatic nitrogens is 2. The van der Waals surface area contributed by atoms with Gasteiger partial charge in [0.15, 0.2) is 0 Å². The summed E-state index contributed by atoms with van der Waals surface area (Å²) < 4.78 is 0. The summed E-state index contributed by atoms with van der Waals surface area (Å²) in [6.45, 7) is 3.57. The Hall–Kier alpha value is -2.05. The summed E-state index contributed by atoms with van der Waals surface area (Å²) in [4.78, 5) is 29.1. The van der Waals surface area contributed by atoms with Crippen molar-refractivity contribution in [2.75, 3.05) is 0 Å². The van der Waals surface area contributed by atoms with Crippen LogP contribution in [0.25, 0.3) is 0 Å². The van der Waals surface area contributed by atoms with Crippen LogP contribution in [0.4, 0.5) is 4.79 Å². The largest absolute Gasteiger partial charge is 0.481 e. The van der Waals surface area contributed by atoms with Crippen LogP contribution >= 0.6 is 0 Å². The fourth-order valence-corrected chi connectivity index (χ4v) is 1.57. The minimum Gasteiger partial charge on any atom is -0.481 e. The first-order valence-corrected chi connectivity index (χ1v) is 5.81. The number of H-pyrrole nitrogens is 1. The summed E-state index contributed by atoms with van der Waals surface area (Å²) in [7, 11) is 0. The Bertz CT molecular complexity index is 391. The molecule has 1 aromatic rings. The third-order valence-electron chi connectivity index (χ3n) is 2.42. The van der Waals surface area contributed by atoms with Crippen LogP contribution in [0, 0.1) is 0 Å². The Labute approximate surface area is 105 Å². The van der Waals surface area contributed by atoms with Gasteiger partial charge in [0, 0.05) is 18.4 Å². The topological polar surface area (TPSA) is 107 Å². The van der Waals surface area contributed by atoms with E-state index in [1.54, 1.807) is 19.3 Å². The number of urea groups is 1. The van der Waals surface area contributed by atoms with Gasteiger partial charge in [-0.25, -0.2) is 9.78 Å². The van der Waals surface area contributed by atoms with Crippen LogP contribution in [0.1, 0.15) is 38.6 Å². The number of hydrogen-bond acceptors (Lipinski definition) is 3. The summed E-state index contributed by atoms with van der Waals surface area (Å²) in [5.41, 5.74) is 0. The Morgan fingerprint density at radius 1 is 1.50 bits per heavy atom. The van der Waals surface area contributed by atoms with Crippen LogP contribution in [0.15, 0.2) is 12.4 Å². The molecular formula is C11H18N4O3. The summed E-state index contributed by atoms with van der Waals surface area (Å²) in [5, 5.41) is 13.9. The highest BCUT2D eigenvalue weighted by Gasteiger charge is 2.16. The molecule has 0 aliphatic carbocycles. The summed E-state index contributed by atoms with van der Waals surface area (Å²) >= 11 is 0. The van der Waals surface area contributed by atoms with Crippen LogP contribution in [0.5, 0.6) is 0 Å². The van der Waals surface area contributed by atoms with Crippen molar-refractivity contribution in [3.8, 4) is 0 Å². The quantitative estimate of drug-likeness (QED) is 0.608. The van der Waals surface area contributed by atoms with E-state index >= 15 is 0 Å². The maximum Gasteiger partial charge on any atom is 0.315 e. The van der Waals surface area contributed by atoms with Gasteiger partial charge in [0.2, 0.25) is 0 Å².